The number of nitrogens with zero attached hydrogens (tertiary/aromatic N) is 2. The summed E-state index contributed by atoms with van der Waals surface area (Å²) in [6, 6.07) is 0. The summed E-state index contributed by atoms with van der Waals surface area (Å²) in [5.74, 6) is -0.174. The van der Waals surface area contributed by atoms with Gasteiger partial charge >= 0.3 is 0 Å². The van der Waals surface area contributed by atoms with Gasteiger partial charge in [-0.2, -0.15) is 10.1 Å². The van der Waals surface area contributed by atoms with Gasteiger partial charge in [0, 0.05) is 0 Å². The average molecular weight is 260 g/mol. The van der Waals surface area contributed by atoms with Gasteiger partial charge in [-0.1, -0.05) is 0 Å². The Balaban J connectivity index is 1.97. The molecule has 7 nitrogen and oxygen atoms in total. The van der Waals surface area contributed by atoms with Gasteiger partial charge in [-0.3, -0.25) is 14.5 Å². The minimum atomic E-state index is -0.698. The minimum Gasteiger partial charge on any atom is -0.352 e. The maximum Gasteiger partial charge on any atom is 0.224 e. The molecule has 2 aliphatic rings. The summed E-state index contributed by atoms with van der Waals surface area (Å²) in [5, 5.41) is 3.13. The fourth-order valence-electron chi connectivity index (χ4n) is 2.08. The zero-order valence-electron chi connectivity index (χ0n) is 10.8. The quantitative estimate of drug-likeness (QED) is 0.654. The van der Waals surface area contributed by atoms with Crippen LogP contribution in [0.5, 0.6) is 0 Å². The number of hydrogen-bond acceptors (Lipinski definition) is 7. The van der Waals surface area contributed by atoms with Gasteiger partial charge in [0.15, 0.2) is 12.5 Å². The Bertz CT molecular complexity index is 263. The number of ether oxygens (including phenoxy) is 2. The van der Waals surface area contributed by atoms with Crippen LogP contribution in [0.25, 0.3) is 0 Å². The third-order valence-electron chi connectivity index (χ3n) is 2.77. The van der Waals surface area contributed by atoms with Crippen LogP contribution in [0.4, 0.5) is 0 Å². The van der Waals surface area contributed by atoms with Crippen molar-refractivity contribution in [2.75, 3.05) is 39.5 Å². The normalized spacial score (nSPS) is 30.1. The smallest absolute Gasteiger partial charge is 0.224 e. The van der Waals surface area contributed by atoms with E-state index in [2.05, 4.69) is 0 Å². The lowest BCUT2D eigenvalue weighted by molar-refractivity contribution is -0.229. The van der Waals surface area contributed by atoms with Gasteiger partial charge in [0.1, 0.15) is 0 Å². The van der Waals surface area contributed by atoms with Crippen molar-refractivity contribution in [3.63, 3.8) is 0 Å². The van der Waals surface area contributed by atoms with Crippen molar-refractivity contribution in [2.24, 2.45) is 0 Å². The lowest BCUT2D eigenvalue weighted by Crippen LogP contribution is -2.47. The number of Topliss-reactive ketones (excluding diaryl/α,β-unsaturated/α-hetero) is 1. The first kappa shape index (κ1) is 13.9. The van der Waals surface area contributed by atoms with Gasteiger partial charge in [0.25, 0.3) is 0 Å². The molecular formula is C11H20N2O5. The summed E-state index contributed by atoms with van der Waals surface area (Å²) in [4.78, 5) is 23.1. The van der Waals surface area contributed by atoms with E-state index >= 15 is 0 Å². The fourth-order valence-corrected chi connectivity index (χ4v) is 2.08. The first-order valence-corrected chi connectivity index (χ1v) is 6.34. The van der Waals surface area contributed by atoms with Gasteiger partial charge < -0.3 is 9.47 Å². The van der Waals surface area contributed by atoms with Crippen molar-refractivity contribution in [3.8, 4) is 0 Å². The van der Waals surface area contributed by atoms with Crippen LogP contribution in [0, 0.1) is 0 Å². The Labute approximate surface area is 106 Å². The highest BCUT2D eigenvalue weighted by atomic mass is 16.7. The molecule has 0 aliphatic carbocycles. The maximum absolute atomic E-state index is 12.3. The molecule has 7 heteroatoms. The van der Waals surface area contributed by atoms with Gasteiger partial charge in [-0.25, -0.2) is 0 Å². The van der Waals surface area contributed by atoms with E-state index in [1.165, 1.54) is 0 Å². The predicted octanol–water partition coefficient (Wildman–Crippen LogP) is -0.225. The third kappa shape index (κ3) is 2.87. The Kier molecular flexibility index (Phi) is 5.04. The van der Waals surface area contributed by atoms with Crippen LogP contribution < -0.4 is 0 Å². The highest BCUT2D eigenvalue weighted by Gasteiger charge is 2.42. The molecule has 0 aromatic rings. The number of hydroxylamine groups is 4. The fraction of sp³-hybridized carbons (Fsp3) is 0.909. The molecule has 104 valence electrons. The Morgan fingerprint density at radius 3 is 1.89 bits per heavy atom. The molecule has 2 aliphatic heterocycles. The van der Waals surface area contributed by atoms with Crippen molar-refractivity contribution in [3.05, 3.63) is 0 Å². The Hall–Kier alpha value is -0.570. The van der Waals surface area contributed by atoms with Crippen molar-refractivity contribution >= 4 is 5.78 Å². The van der Waals surface area contributed by atoms with Crippen molar-refractivity contribution < 1.29 is 23.9 Å². The molecule has 18 heavy (non-hydrogen) atoms. The highest BCUT2D eigenvalue weighted by Crippen LogP contribution is 2.19. The average Bonchev–Trinajstić information content (AvgIpc) is 2.98. The van der Waals surface area contributed by atoms with Crippen LogP contribution in [0.2, 0.25) is 0 Å². The minimum absolute atomic E-state index is 0.174. The third-order valence-corrected chi connectivity index (χ3v) is 2.77. The van der Waals surface area contributed by atoms with Crippen LogP contribution >= 0.6 is 0 Å². The lowest BCUT2D eigenvalue weighted by Gasteiger charge is -2.26. The molecule has 0 aromatic carbocycles. The number of carbonyl (C=O) groups excluding carboxylic acids is 1. The maximum atomic E-state index is 12.3. The van der Waals surface area contributed by atoms with Crippen molar-refractivity contribution in [1.29, 1.82) is 0 Å². The van der Waals surface area contributed by atoms with E-state index in [9.17, 15) is 4.79 Å². The Morgan fingerprint density at radius 2 is 1.50 bits per heavy atom. The second-order valence-electron chi connectivity index (χ2n) is 3.97. The largest absolute Gasteiger partial charge is 0.352 e. The zero-order valence-corrected chi connectivity index (χ0v) is 10.8. The van der Waals surface area contributed by atoms with E-state index < -0.39 is 12.5 Å². The molecule has 0 N–H and O–H groups in total. The topological polar surface area (TPSA) is 60.5 Å². The number of carbonyl (C=O) groups is 1. The molecule has 2 rings (SSSR count). The van der Waals surface area contributed by atoms with Gasteiger partial charge in [0.05, 0.1) is 39.5 Å². The van der Waals surface area contributed by atoms with Crippen LogP contribution in [0.15, 0.2) is 0 Å². The molecule has 2 fully saturated rings. The van der Waals surface area contributed by atoms with E-state index in [4.69, 9.17) is 19.1 Å². The molecule has 2 unspecified atom stereocenters. The monoisotopic (exact) mass is 260 g/mol. The van der Waals surface area contributed by atoms with Crippen LogP contribution in [-0.2, 0) is 23.9 Å². The first-order chi connectivity index (χ1) is 8.77. The second kappa shape index (κ2) is 6.55. The van der Waals surface area contributed by atoms with E-state index in [0.29, 0.717) is 39.5 Å². The van der Waals surface area contributed by atoms with Gasteiger partial charge in [0.2, 0.25) is 5.78 Å². The lowest BCUT2D eigenvalue weighted by atomic mass is 10.3. The molecule has 0 aromatic heterocycles. The molecule has 2 atom stereocenters. The summed E-state index contributed by atoms with van der Waals surface area (Å²) in [5.41, 5.74) is 0. The van der Waals surface area contributed by atoms with E-state index in [0.717, 1.165) is 0 Å². The second-order valence-corrected chi connectivity index (χ2v) is 3.97. The van der Waals surface area contributed by atoms with Crippen molar-refractivity contribution in [2.45, 2.75) is 26.3 Å². The molecule has 0 bridgehead atoms. The number of hydrogen-bond donors (Lipinski definition) is 0. The number of ketones is 1. The van der Waals surface area contributed by atoms with E-state index in [1.807, 2.05) is 13.8 Å². The summed E-state index contributed by atoms with van der Waals surface area (Å²) in [7, 11) is 0. The molecular weight excluding hydrogens is 240 g/mol. The molecule has 0 amide bonds. The summed E-state index contributed by atoms with van der Waals surface area (Å²) >= 11 is 0. The molecule has 2 heterocycles. The standard InChI is InChI=1S/C11H20N2O5/c1-3-17-12-5-7-15-10(12)9(14)11-13(18-4-2)6-8-16-11/h10-11H,3-8H2,1-2H3. The molecule has 0 spiro atoms. The first-order valence-electron chi connectivity index (χ1n) is 6.34. The number of rotatable bonds is 6. The molecule has 2 saturated heterocycles. The van der Waals surface area contributed by atoms with Crippen LogP contribution in [-0.4, -0.2) is 67.9 Å². The van der Waals surface area contributed by atoms with Crippen LogP contribution in [0.3, 0.4) is 0 Å². The summed E-state index contributed by atoms with van der Waals surface area (Å²) in [6.45, 7) is 6.91. The highest BCUT2D eigenvalue weighted by molar-refractivity contribution is 5.86. The zero-order chi connectivity index (χ0) is 13.0. The predicted molar refractivity (Wildman–Crippen MR) is 61.2 cm³/mol. The van der Waals surface area contributed by atoms with Gasteiger partial charge in [-0.15, -0.1) is 0 Å². The Morgan fingerprint density at radius 1 is 1.06 bits per heavy atom. The van der Waals surface area contributed by atoms with E-state index in [-0.39, 0.29) is 5.78 Å². The summed E-state index contributed by atoms with van der Waals surface area (Å²) in [6.07, 6.45) is -1.40. The molecule has 0 saturated carbocycles. The van der Waals surface area contributed by atoms with E-state index in [1.54, 1.807) is 10.1 Å². The van der Waals surface area contributed by atoms with Crippen molar-refractivity contribution in [1.82, 2.24) is 10.1 Å². The molecule has 0 radical (unpaired) electrons. The van der Waals surface area contributed by atoms with Crippen LogP contribution in [0.1, 0.15) is 13.8 Å². The summed E-state index contributed by atoms with van der Waals surface area (Å²) < 4.78 is 10.8. The SMILES string of the molecule is CCON1CCOC1C(=O)C1OCCN1OCC. The van der Waals surface area contributed by atoms with Gasteiger partial charge in [-0.05, 0) is 13.8 Å².